The highest BCUT2D eigenvalue weighted by Gasteiger charge is 2.15. The molecule has 2 rings (SSSR count). The second-order valence-corrected chi connectivity index (χ2v) is 5.68. The summed E-state index contributed by atoms with van der Waals surface area (Å²) in [7, 11) is 0. The Bertz CT molecular complexity index is 434. The van der Waals surface area contributed by atoms with Crippen molar-refractivity contribution in [1.82, 2.24) is 10.2 Å². The molecule has 1 saturated heterocycles. The molecule has 1 aromatic rings. The Morgan fingerprint density at radius 1 is 1.14 bits per heavy atom. The zero-order valence-corrected chi connectivity index (χ0v) is 13.1. The number of hydrogen-bond donors (Lipinski definition) is 1. The Morgan fingerprint density at radius 2 is 1.81 bits per heavy atom. The van der Waals surface area contributed by atoms with Gasteiger partial charge in [0.2, 0.25) is 5.91 Å². The maximum Gasteiger partial charge on any atom is 0.228 e. The van der Waals surface area contributed by atoms with Crippen molar-refractivity contribution >= 4 is 17.5 Å². The van der Waals surface area contributed by atoms with Gasteiger partial charge >= 0.3 is 0 Å². The lowest BCUT2D eigenvalue weighted by Crippen LogP contribution is -2.26. The van der Waals surface area contributed by atoms with Crippen LogP contribution in [-0.2, 0) is 4.79 Å². The molecule has 0 aliphatic carbocycles. The van der Waals surface area contributed by atoms with Crippen LogP contribution in [0.1, 0.15) is 52.4 Å². The summed E-state index contributed by atoms with van der Waals surface area (Å²) in [5, 5.41) is 11.3. The van der Waals surface area contributed by atoms with Crippen molar-refractivity contribution in [2.75, 3.05) is 23.3 Å². The van der Waals surface area contributed by atoms with E-state index in [-0.39, 0.29) is 11.8 Å². The number of nitrogens with zero attached hydrogens (tertiary/aromatic N) is 3. The molecule has 0 saturated carbocycles. The molecule has 0 unspecified atom stereocenters. The predicted molar refractivity (Wildman–Crippen MR) is 85.4 cm³/mol. The van der Waals surface area contributed by atoms with Gasteiger partial charge in [-0.05, 0) is 37.8 Å². The SMILES string of the molecule is CCC(CC)C(=O)Nc1ccc(N2CCCCCC2)nn1. The summed E-state index contributed by atoms with van der Waals surface area (Å²) in [5.74, 6) is 1.55. The van der Waals surface area contributed by atoms with Crippen molar-refractivity contribution in [2.45, 2.75) is 52.4 Å². The van der Waals surface area contributed by atoms with Gasteiger partial charge in [-0.1, -0.05) is 26.7 Å². The third-order valence-electron chi connectivity index (χ3n) is 4.19. The Kier molecular flexibility index (Phi) is 5.96. The number of carbonyl (C=O) groups is 1. The summed E-state index contributed by atoms with van der Waals surface area (Å²) >= 11 is 0. The molecule has 0 radical (unpaired) electrons. The quantitative estimate of drug-likeness (QED) is 0.904. The lowest BCUT2D eigenvalue weighted by molar-refractivity contribution is -0.120. The van der Waals surface area contributed by atoms with E-state index in [1.54, 1.807) is 0 Å². The molecule has 1 amide bonds. The first-order valence-electron chi connectivity index (χ1n) is 8.14. The van der Waals surface area contributed by atoms with Crippen LogP contribution in [0, 0.1) is 5.92 Å². The van der Waals surface area contributed by atoms with Crippen molar-refractivity contribution < 1.29 is 4.79 Å². The van der Waals surface area contributed by atoms with Crippen LogP contribution in [0.4, 0.5) is 11.6 Å². The van der Waals surface area contributed by atoms with E-state index in [4.69, 9.17) is 0 Å². The minimum absolute atomic E-state index is 0.0387. The third-order valence-corrected chi connectivity index (χ3v) is 4.19. The molecule has 116 valence electrons. The monoisotopic (exact) mass is 290 g/mol. The first-order valence-corrected chi connectivity index (χ1v) is 8.14. The van der Waals surface area contributed by atoms with Crippen LogP contribution in [0.25, 0.3) is 0 Å². The number of hydrogen-bond acceptors (Lipinski definition) is 4. The van der Waals surface area contributed by atoms with E-state index in [0.717, 1.165) is 31.7 Å². The second-order valence-electron chi connectivity index (χ2n) is 5.68. The second kappa shape index (κ2) is 7.96. The van der Waals surface area contributed by atoms with Crippen molar-refractivity contribution in [1.29, 1.82) is 0 Å². The van der Waals surface area contributed by atoms with Crippen molar-refractivity contribution in [3.8, 4) is 0 Å². The lowest BCUT2D eigenvalue weighted by Gasteiger charge is -2.20. The van der Waals surface area contributed by atoms with Crippen LogP contribution < -0.4 is 10.2 Å². The predicted octanol–water partition coefficient (Wildman–Crippen LogP) is 3.23. The first kappa shape index (κ1) is 15.7. The Balaban J connectivity index is 1.96. The Morgan fingerprint density at radius 3 is 2.33 bits per heavy atom. The van der Waals surface area contributed by atoms with Gasteiger partial charge in [0, 0.05) is 19.0 Å². The van der Waals surface area contributed by atoms with Gasteiger partial charge in [0.15, 0.2) is 11.6 Å². The number of carbonyl (C=O) groups excluding carboxylic acids is 1. The van der Waals surface area contributed by atoms with E-state index >= 15 is 0 Å². The van der Waals surface area contributed by atoms with Gasteiger partial charge in [0.1, 0.15) is 0 Å². The Labute approximate surface area is 127 Å². The molecule has 1 aliphatic rings. The van der Waals surface area contributed by atoms with E-state index in [9.17, 15) is 4.79 Å². The molecule has 0 atom stereocenters. The zero-order valence-electron chi connectivity index (χ0n) is 13.1. The molecule has 1 fully saturated rings. The summed E-state index contributed by atoms with van der Waals surface area (Å²) in [5.41, 5.74) is 0. The molecule has 1 aliphatic heterocycles. The summed E-state index contributed by atoms with van der Waals surface area (Å²) < 4.78 is 0. The maximum atomic E-state index is 12.0. The van der Waals surface area contributed by atoms with Crippen LogP contribution in [0.5, 0.6) is 0 Å². The fourth-order valence-electron chi connectivity index (χ4n) is 2.75. The highest BCUT2D eigenvalue weighted by atomic mass is 16.1. The fourth-order valence-corrected chi connectivity index (χ4v) is 2.75. The molecular weight excluding hydrogens is 264 g/mol. The third kappa shape index (κ3) is 4.41. The van der Waals surface area contributed by atoms with E-state index in [1.807, 2.05) is 26.0 Å². The maximum absolute atomic E-state index is 12.0. The molecule has 5 heteroatoms. The van der Waals surface area contributed by atoms with Gasteiger partial charge in [0.05, 0.1) is 0 Å². The molecule has 1 aromatic heterocycles. The first-order chi connectivity index (χ1) is 10.2. The molecule has 5 nitrogen and oxygen atoms in total. The standard InChI is InChI=1S/C16H26N4O/c1-3-13(4-2)16(21)17-14-9-10-15(19-18-14)20-11-7-5-6-8-12-20/h9-10,13H,3-8,11-12H2,1-2H3,(H,17,18,21). The fraction of sp³-hybridized carbons (Fsp3) is 0.688. The van der Waals surface area contributed by atoms with Crippen LogP contribution in [0.15, 0.2) is 12.1 Å². The number of nitrogens with one attached hydrogen (secondary N) is 1. The normalized spacial score (nSPS) is 15.9. The molecular formula is C16H26N4O. The van der Waals surface area contributed by atoms with E-state index in [0.29, 0.717) is 5.82 Å². The molecule has 21 heavy (non-hydrogen) atoms. The highest BCUT2D eigenvalue weighted by molar-refractivity contribution is 5.91. The van der Waals surface area contributed by atoms with Crippen molar-refractivity contribution in [3.63, 3.8) is 0 Å². The van der Waals surface area contributed by atoms with Crippen LogP contribution in [0.2, 0.25) is 0 Å². The topological polar surface area (TPSA) is 58.1 Å². The number of anilines is 2. The molecule has 0 aromatic carbocycles. The lowest BCUT2D eigenvalue weighted by atomic mass is 10.0. The van der Waals surface area contributed by atoms with Crippen LogP contribution >= 0.6 is 0 Å². The summed E-state index contributed by atoms with van der Waals surface area (Å²) in [6.07, 6.45) is 6.73. The smallest absolute Gasteiger partial charge is 0.228 e. The van der Waals surface area contributed by atoms with E-state index < -0.39 is 0 Å². The van der Waals surface area contributed by atoms with Gasteiger partial charge in [0.25, 0.3) is 0 Å². The van der Waals surface area contributed by atoms with Gasteiger partial charge in [-0.15, -0.1) is 10.2 Å². The largest absolute Gasteiger partial charge is 0.355 e. The highest BCUT2D eigenvalue weighted by Crippen LogP contribution is 2.18. The minimum Gasteiger partial charge on any atom is -0.355 e. The molecule has 2 heterocycles. The van der Waals surface area contributed by atoms with Crippen molar-refractivity contribution in [3.05, 3.63) is 12.1 Å². The minimum atomic E-state index is 0.0387. The summed E-state index contributed by atoms with van der Waals surface area (Å²) in [6, 6.07) is 3.81. The van der Waals surface area contributed by atoms with Gasteiger partial charge in [-0.25, -0.2) is 0 Å². The number of aromatic nitrogens is 2. The average Bonchev–Trinajstić information content (AvgIpc) is 2.78. The van der Waals surface area contributed by atoms with Crippen LogP contribution in [-0.4, -0.2) is 29.2 Å². The van der Waals surface area contributed by atoms with Gasteiger partial charge in [-0.2, -0.15) is 0 Å². The molecule has 0 spiro atoms. The zero-order chi connectivity index (χ0) is 15.1. The van der Waals surface area contributed by atoms with Crippen LogP contribution in [0.3, 0.4) is 0 Å². The average molecular weight is 290 g/mol. The summed E-state index contributed by atoms with van der Waals surface area (Å²) in [4.78, 5) is 14.3. The van der Waals surface area contributed by atoms with E-state index in [1.165, 1.54) is 25.7 Å². The van der Waals surface area contributed by atoms with Crippen molar-refractivity contribution in [2.24, 2.45) is 5.92 Å². The Hall–Kier alpha value is -1.65. The van der Waals surface area contributed by atoms with E-state index in [2.05, 4.69) is 20.4 Å². The molecule has 0 bridgehead atoms. The molecule has 1 N–H and O–H groups in total. The van der Waals surface area contributed by atoms with Gasteiger partial charge < -0.3 is 10.2 Å². The number of amides is 1. The summed E-state index contributed by atoms with van der Waals surface area (Å²) in [6.45, 7) is 6.16. The number of rotatable bonds is 5. The van der Waals surface area contributed by atoms with Gasteiger partial charge in [-0.3, -0.25) is 4.79 Å².